The van der Waals surface area contributed by atoms with Crippen LogP contribution in [0.5, 0.6) is 0 Å². The summed E-state index contributed by atoms with van der Waals surface area (Å²) in [6, 6.07) is 20.9. The first-order valence-corrected chi connectivity index (χ1v) is 8.48. The van der Waals surface area contributed by atoms with Gasteiger partial charge in [-0.2, -0.15) is 9.78 Å². The van der Waals surface area contributed by atoms with E-state index in [1.807, 2.05) is 42.5 Å². The summed E-state index contributed by atoms with van der Waals surface area (Å²) in [7, 11) is 1.71. The van der Waals surface area contributed by atoms with Gasteiger partial charge < -0.3 is 0 Å². The van der Waals surface area contributed by atoms with Crippen LogP contribution in [-0.2, 0) is 0 Å². The molecule has 0 amide bonds. The zero-order valence-electron chi connectivity index (χ0n) is 14.6. The summed E-state index contributed by atoms with van der Waals surface area (Å²) in [6.45, 7) is 0. The van der Waals surface area contributed by atoms with Gasteiger partial charge in [-0.1, -0.05) is 42.5 Å². The second kappa shape index (κ2) is 6.96. The van der Waals surface area contributed by atoms with Crippen LogP contribution in [0.4, 0.5) is 4.39 Å². The van der Waals surface area contributed by atoms with E-state index in [9.17, 15) is 9.18 Å². The van der Waals surface area contributed by atoms with Crippen LogP contribution in [0.1, 0.15) is 5.56 Å². The first-order chi connectivity index (χ1) is 13.2. The average Bonchev–Trinajstić information content (AvgIpc) is 2.69. The van der Waals surface area contributed by atoms with Gasteiger partial charge in [-0.3, -0.25) is 9.79 Å². The Bertz CT molecular complexity index is 1230. The summed E-state index contributed by atoms with van der Waals surface area (Å²) in [6.07, 6.45) is 1.76. The molecule has 27 heavy (non-hydrogen) atoms. The Labute approximate surface area is 155 Å². The normalized spacial score (nSPS) is 11.3. The summed E-state index contributed by atoms with van der Waals surface area (Å²) >= 11 is 0. The number of benzene rings is 3. The first-order valence-electron chi connectivity index (χ1n) is 8.48. The maximum atomic E-state index is 13.7. The van der Waals surface area contributed by atoms with Gasteiger partial charge in [0.1, 0.15) is 5.82 Å². The highest BCUT2D eigenvalue weighted by Gasteiger charge is 2.13. The van der Waals surface area contributed by atoms with E-state index in [2.05, 4.69) is 10.1 Å². The molecule has 0 fully saturated rings. The van der Waals surface area contributed by atoms with E-state index in [1.165, 1.54) is 16.8 Å². The third kappa shape index (κ3) is 3.15. The fraction of sp³-hybridized carbons (Fsp3) is 0.0455. The second-order valence-electron chi connectivity index (χ2n) is 6.10. The van der Waals surface area contributed by atoms with Crippen LogP contribution in [0, 0.1) is 5.82 Å². The summed E-state index contributed by atoms with van der Waals surface area (Å²) in [5.41, 5.74) is 2.54. The minimum absolute atomic E-state index is 0.286. The Morgan fingerprint density at radius 3 is 2.52 bits per heavy atom. The van der Waals surface area contributed by atoms with Crippen molar-refractivity contribution in [2.24, 2.45) is 4.99 Å². The molecule has 0 saturated heterocycles. The van der Waals surface area contributed by atoms with Crippen LogP contribution in [0.3, 0.4) is 0 Å². The minimum atomic E-state index is -0.419. The van der Waals surface area contributed by atoms with Gasteiger partial charge in [0, 0.05) is 24.2 Å². The van der Waals surface area contributed by atoms with Crippen molar-refractivity contribution >= 4 is 17.0 Å². The highest BCUT2D eigenvalue weighted by Crippen LogP contribution is 2.26. The Hall–Kier alpha value is -3.60. The maximum absolute atomic E-state index is 13.7. The van der Waals surface area contributed by atoms with Gasteiger partial charge in [0.05, 0.1) is 16.8 Å². The van der Waals surface area contributed by atoms with E-state index in [-0.39, 0.29) is 5.56 Å². The van der Waals surface area contributed by atoms with Gasteiger partial charge >= 0.3 is 0 Å². The average molecular weight is 357 g/mol. The zero-order chi connectivity index (χ0) is 18.8. The molecule has 0 unspecified atom stereocenters. The molecular weight excluding hydrogens is 341 g/mol. The summed E-state index contributed by atoms with van der Waals surface area (Å²) < 4.78 is 15.0. The molecule has 0 saturated carbocycles. The predicted octanol–water partition coefficient (Wildman–Crippen LogP) is 4.24. The van der Waals surface area contributed by atoms with Crippen molar-refractivity contribution in [2.75, 3.05) is 7.05 Å². The number of nitrogens with zero attached hydrogens (tertiary/aromatic N) is 3. The van der Waals surface area contributed by atoms with E-state index < -0.39 is 5.82 Å². The Balaban J connectivity index is 2.05. The number of hydrogen-bond donors (Lipinski definition) is 0. The molecule has 4 aromatic rings. The van der Waals surface area contributed by atoms with Crippen molar-refractivity contribution in [2.45, 2.75) is 0 Å². The molecule has 0 aliphatic heterocycles. The van der Waals surface area contributed by atoms with Crippen LogP contribution < -0.4 is 5.56 Å². The minimum Gasteiger partial charge on any atom is -0.296 e. The summed E-state index contributed by atoms with van der Waals surface area (Å²) in [4.78, 5) is 17.0. The number of fused-ring (bicyclic) bond motifs is 1. The second-order valence-corrected chi connectivity index (χ2v) is 6.10. The van der Waals surface area contributed by atoms with E-state index in [0.29, 0.717) is 16.8 Å². The summed E-state index contributed by atoms with van der Waals surface area (Å²) in [5, 5.41) is 5.86. The quantitative estimate of drug-likeness (QED) is 0.515. The van der Waals surface area contributed by atoms with Crippen LogP contribution >= 0.6 is 0 Å². The van der Waals surface area contributed by atoms with Gasteiger partial charge in [-0.05, 0) is 35.9 Å². The fourth-order valence-corrected chi connectivity index (χ4v) is 3.10. The third-order valence-corrected chi connectivity index (χ3v) is 4.30. The lowest BCUT2D eigenvalue weighted by molar-refractivity contribution is 0.624. The molecule has 132 valence electrons. The number of halogens is 1. The molecule has 0 N–H and O–H groups in total. The molecule has 1 heterocycles. The first kappa shape index (κ1) is 16.8. The number of hydrogen-bond acceptors (Lipinski definition) is 3. The van der Waals surface area contributed by atoms with E-state index in [4.69, 9.17) is 0 Å². The molecule has 4 nitrogen and oxygen atoms in total. The highest BCUT2D eigenvalue weighted by atomic mass is 19.1. The van der Waals surface area contributed by atoms with Crippen molar-refractivity contribution in [3.05, 3.63) is 94.5 Å². The van der Waals surface area contributed by atoms with Gasteiger partial charge in [0.25, 0.3) is 5.56 Å². The number of rotatable bonds is 3. The number of aromatic nitrogens is 2. The van der Waals surface area contributed by atoms with Crippen LogP contribution in [0.15, 0.2) is 82.6 Å². The molecular formula is C22H16FN3O. The van der Waals surface area contributed by atoms with Crippen molar-refractivity contribution in [1.29, 1.82) is 0 Å². The van der Waals surface area contributed by atoms with Gasteiger partial charge in [0.2, 0.25) is 0 Å². The third-order valence-electron chi connectivity index (χ3n) is 4.30. The lowest BCUT2D eigenvalue weighted by Crippen LogP contribution is -2.22. The lowest BCUT2D eigenvalue weighted by Gasteiger charge is -2.12. The monoisotopic (exact) mass is 357 g/mol. The molecule has 0 bridgehead atoms. The van der Waals surface area contributed by atoms with Gasteiger partial charge in [-0.25, -0.2) is 4.39 Å². The number of aliphatic imine (C=N–C) groups is 1. The standard InChI is InChI=1S/C22H16FN3O/c1-24-14-15-6-4-7-16(12-15)21-19-10-2-3-11-20(19)22(27)26(25-21)18-9-5-8-17(23)13-18/h2-14H,1H3. The van der Waals surface area contributed by atoms with Crippen molar-refractivity contribution in [3.63, 3.8) is 0 Å². The molecule has 0 aliphatic carbocycles. The largest absolute Gasteiger partial charge is 0.296 e. The smallest absolute Gasteiger partial charge is 0.279 e. The zero-order valence-corrected chi connectivity index (χ0v) is 14.6. The highest BCUT2D eigenvalue weighted by molar-refractivity contribution is 5.95. The van der Waals surface area contributed by atoms with Crippen molar-refractivity contribution in [1.82, 2.24) is 9.78 Å². The SMILES string of the molecule is CN=Cc1cccc(-c2nn(-c3cccc(F)c3)c(=O)c3ccccc23)c1. The Morgan fingerprint density at radius 2 is 1.74 bits per heavy atom. The molecule has 3 aromatic carbocycles. The Morgan fingerprint density at radius 1 is 0.963 bits per heavy atom. The molecule has 0 spiro atoms. The predicted molar refractivity (Wildman–Crippen MR) is 106 cm³/mol. The van der Waals surface area contributed by atoms with Crippen LogP contribution in [-0.4, -0.2) is 23.0 Å². The van der Waals surface area contributed by atoms with Crippen LogP contribution in [0.25, 0.3) is 27.7 Å². The van der Waals surface area contributed by atoms with E-state index in [1.54, 1.807) is 31.5 Å². The topological polar surface area (TPSA) is 47.2 Å². The van der Waals surface area contributed by atoms with E-state index >= 15 is 0 Å². The molecule has 0 aliphatic rings. The van der Waals surface area contributed by atoms with E-state index in [0.717, 1.165) is 16.5 Å². The lowest BCUT2D eigenvalue weighted by atomic mass is 10.0. The molecule has 0 atom stereocenters. The van der Waals surface area contributed by atoms with Crippen molar-refractivity contribution < 1.29 is 4.39 Å². The molecule has 1 aromatic heterocycles. The van der Waals surface area contributed by atoms with Crippen molar-refractivity contribution in [3.8, 4) is 16.9 Å². The molecule has 4 rings (SSSR count). The Kier molecular flexibility index (Phi) is 4.34. The fourth-order valence-electron chi connectivity index (χ4n) is 3.10. The summed E-state index contributed by atoms with van der Waals surface area (Å²) in [5.74, 6) is -0.419. The van der Waals surface area contributed by atoms with Crippen LogP contribution in [0.2, 0.25) is 0 Å². The maximum Gasteiger partial charge on any atom is 0.279 e. The van der Waals surface area contributed by atoms with Gasteiger partial charge in [0.15, 0.2) is 0 Å². The molecule has 5 heteroatoms. The van der Waals surface area contributed by atoms with Gasteiger partial charge in [-0.15, -0.1) is 0 Å². The molecule has 0 radical (unpaired) electrons.